The highest BCUT2D eigenvalue weighted by molar-refractivity contribution is 6.30. The van der Waals surface area contributed by atoms with Gasteiger partial charge in [0.25, 0.3) is 0 Å². The van der Waals surface area contributed by atoms with Crippen molar-refractivity contribution < 1.29 is 45.0 Å². The van der Waals surface area contributed by atoms with Crippen LogP contribution in [-0.2, 0) is 14.3 Å². The third-order valence-electron chi connectivity index (χ3n) is 8.45. The fraction of sp³-hybridized carbons (Fsp3) is 0.556. The maximum atomic E-state index is 12.1. The van der Waals surface area contributed by atoms with Crippen LogP contribution in [0.1, 0.15) is 71.6 Å². The van der Waals surface area contributed by atoms with Gasteiger partial charge in [-0.05, 0) is 44.6 Å². The van der Waals surface area contributed by atoms with E-state index < -0.39 is 60.4 Å². The highest BCUT2D eigenvalue weighted by Crippen LogP contribution is 2.28. The van der Waals surface area contributed by atoms with Crippen molar-refractivity contribution in [2.24, 2.45) is 17.8 Å². The standard InChI is InChI=1S/C36H51ClO9/c1-24(13-7-11-19-33(41)46-32-22-27(36(44)45)20-21-30(32)39)12-6-10-18-29(37)25(2)34(42)35(43)31(40)23-28(38)17-9-8-16-26-14-4-3-5-15-26/h6-13,16-19,25-28,30-32,34-35,38-40,42-43H,3-5,14-15,20-23H2,1-2H3,(H,44,45)/b10-6+,13-7+,16-8+,17-9+,19-11+,24-12+,29-18-/t25-,27+,28+,30+,31-,32-,34-,35-/m1/s1. The molecule has 9 nitrogen and oxygen atoms in total. The van der Waals surface area contributed by atoms with Crippen molar-refractivity contribution in [3.8, 4) is 0 Å². The Labute approximate surface area is 277 Å². The summed E-state index contributed by atoms with van der Waals surface area (Å²) < 4.78 is 5.23. The second-order valence-corrected chi connectivity index (χ2v) is 12.7. The van der Waals surface area contributed by atoms with E-state index in [1.807, 2.05) is 13.0 Å². The molecule has 0 heterocycles. The lowest BCUT2D eigenvalue weighted by molar-refractivity contribution is -0.159. The van der Waals surface area contributed by atoms with Crippen molar-refractivity contribution in [3.05, 3.63) is 83.5 Å². The molecule has 0 aromatic carbocycles. The number of carboxylic acid groups (broad SMARTS) is 1. The summed E-state index contributed by atoms with van der Waals surface area (Å²) in [6.07, 6.45) is 19.9. The number of carboxylic acids is 1. The van der Waals surface area contributed by atoms with E-state index in [1.165, 1.54) is 44.3 Å². The summed E-state index contributed by atoms with van der Waals surface area (Å²) in [5.74, 6) is -2.38. The van der Waals surface area contributed by atoms with Crippen LogP contribution in [0, 0.1) is 17.8 Å². The first kappa shape index (κ1) is 39.4. The number of rotatable bonds is 16. The van der Waals surface area contributed by atoms with Crippen molar-refractivity contribution in [1.82, 2.24) is 0 Å². The molecule has 0 bridgehead atoms. The summed E-state index contributed by atoms with van der Waals surface area (Å²) in [7, 11) is 0. The van der Waals surface area contributed by atoms with Crippen LogP contribution >= 0.6 is 11.6 Å². The quantitative estimate of drug-likeness (QED) is 0.0754. The Hall–Kier alpha value is -2.79. The number of aliphatic hydroxyl groups is 5. The zero-order chi connectivity index (χ0) is 34.1. The lowest BCUT2D eigenvalue weighted by Gasteiger charge is -2.30. The molecule has 0 aromatic heterocycles. The third kappa shape index (κ3) is 14.8. The summed E-state index contributed by atoms with van der Waals surface area (Å²) in [6, 6.07) is 0. The van der Waals surface area contributed by atoms with Gasteiger partial charge in [0.15, 0.2) is 0 Å². The van der Waals surface area contributed by atoms with E-state index in [4.69, 9.17) is 21.4 Å². The molecule has 2 saturated carbocycles. The molecule has 0 spiro atoms. The van der Waals surface area contributed by atoms with Gasteiger partial charge >= 0.3 is 11.9 Å². The summed E-state index contributed by atoms with van der Waals surface area (Å²) in [6.45, 7) is 3.46. The predicted molar refractivity (Wildman–Crippen MR) is 179 cm³/mol. The normalized spacial score (nSPS) is 25.9. The topological polar surface area (TPSA) is 165 Å². The van der Waals surface area contributed by atoms with E-state index in [1.54, 1.807) is 55.5 Å². The second-order valence-electron chi connectivity index (χ2n) is 12.3. The number of allylic oxidation sites excluding steroid dienone is 11. The predicted octanol–water partition coefficient (Wildman–Crippen LogP) is 5.04. The summed E-state index contributed by atoms with van der Waals surface area (Å²) in [5, 5.41) is 61.1. The Morgan fingerprint density at radius 2 is 1.54 bits per heavy atom. The maximum absolute atomic E-state index is 12.1. The van der Waals surface area contributed by atoms with Crippen molar-refractivity contribution in [1.29, 1.82) is 0 Å². The van der Waals surface area contributed by atoms with Crippen molar-refractivity contribution in [2.45, 2.75) is 108 Å². The minimum Gasteiger partial charge on any atom is -0.481 e. The van der Waals surface area contributed by atoms with Gasteiger partial charge in [-0.25, -0.2) is 4.79 Å². The lowest BCUT2D eigenvalue weighted by Crippen LogP contribution is -2.42. The number of halogens is 1. The summed E-state index contributed by atoms with van der Waals surface area (Å²) in [5.41, 5.74) is 0.842. The smallest absolute Gasteiger partial charge is 0.331 e. The molecule has 0 saturated heterocycles. The first-order chi connectivity index (χ1) is 21.9. The zero-order valence-corrected chi connectivity index (χ0v) is 27.5. The summed E-state index contributed by atoms with van der Waals surface area (Å²) in [4.78, 5) is 23.3. The van der Waals surface area contributed by atoms with Crippen molar-refractivity contribution in [2.75, 3.05) is 0 Å². The van der Waals surface area contributed by atoms with Crippen LogP contribution in [0.25, 0.3) is 0 Å². The first-order valence-corrected chi connectivity index (χ1v) is 16.5. The van der Waals surface area contributed by atoms with E-state index in [9.17, 15) is 35.1 Å². The van der Waals surface area contributed by atoms with Crippen LogP contribution in [0.2, 0.25) is 0 Å². The van der Waals surface area contributed by atoms with Gasteiger partial charge < -0.3 is 35.4 Å². The molecule has 2 rings (SSSR count). The monoisotopic (exact) mass is 662 g/mol. The SMILES string of the molecule is CC(/C=C/C=C/C(=O)O[C@@H]1C[C@@H](C(=O)O)CC[C@@H]1O)=C\C=C\C=C(/Cl)[C@@H](C)[C@@H](O)[C@H](O)[C@H](O)C[C@@H](O)/C=C/C=C/C1CCCCC1. The average molecular weight is 663 g/mol. The molecule has 6 N–H and O–H groups in total. The molecule has 2 fully saturated rings. The third-order valence-corrected chi connectivity index (χ3v) is 8.92. The van der Waals surface area contributed by atoms with E-state index >= 15 is 0 Å². The number of esters is 1. The van der Waals surface area contributed by atoms with Gasteiger partial charge in [-0.2, -0.15) is 0 Å². The Morgan fingerprint density at radius 3 is 2.24 bits per heavy atom. The number of aliphatic carboxylic acids is 1. The second kappa shape index (κ2) is 21.2. The Morgan fingerprint density at radius 1 is 0.870 bits per heavy atom. The molecular formula is C36H51ClO9. The molecule has 10 heteroatoms. The Kier molecular flexibility index (Phi) is 18.1. The minimum absolute atomic E-state index is 0.0826. The van der Waals surface area contributed by atoms with E-state index in [-0.39, 0.29) is 24.3 Å². The van der Waals surface area contributed by atoms with Crippen molar-refractivity contribution in [3.63, 3.8) is 0 Å². The van der Waals surface area contributed by atoms with Crippen LogP contribution in [0.15, 0.2) is 83.5 Å². The number of ether oxygens (including phenoxy) is 1. The summed E-state index contributed by atoms with van der Waals surface area (Å²) >= 11 is 6.34. The number of hydrogen-bond donors (Lipinski definition) is 6. The van der Waals surface area contributed by atoms with Crippen LogP contribution < -0.4 is 0 Å². The molecule has 256 valence electrons. The largest absolute Gasteiger partial charge is 0.481 e. The molecule has 46 heavy (non-hydrogen) atoms. The molecule has 2 aliphatic carbocycles. The first-order valence-electron chi connectivity index (χ1n) is 16.1. The fourth-order valence-electron chi connectivity index (χ4n) is 5.45. The number of carbonyl (C=O) groups is 2. The van der Waals surface area contributed by atoms with Gasteiger partial charge in [-0.1, -0.05) is 104 Å². The van der Waals surface area contributed by atoms with Gasteiger partial charge in [0, 0.05) is 29.9 Å². The van der Waals surface area contributed by atoms with Crippen LogP contribution in [0.4, 0.5) is 0 Å². The van der Waals surface area contributed by atoms with E-state index in [0.717, 1.165) is 5.57 Å². The number of aliphatic hydroxyl groups excluding tert-OH is 5. The van der Waals surface area contributed by atoms with Gasteiger partial charge in [0.2, 0.25) is 0 Å². The van der Waals surface area contributed by atoms with Gasteiger partial charge in [-0.15, -0.1) is 0 Å². The molecule has 0 amide bonds. The molecule has 0 aliphatic heterocycles. The number of hydrogen-bond acceptors (Lipinski definition) is 8. The molecule has 0 radical (unpaired) electrons. The van der Waals surface area contributed by atoms with Gasteiger partial charge in [0.1, 0.15) is 12.2 Å². The molecular weight excluding hydrogens is 612 g/mol. The van der Waals surface area contributed by atoms with Crippen LogP contribution in [-0.4, -0.2) is 79.2 Å². The molecule has 2 aliphatic rings. The maximum Gasteiger partial charge on any atom is 0.331 e. The zero-order valence-electron chi connectivity index (χ0n) is 26.8. The Balaban J connectivity index is 1.77. The highest BCUT2D eigenvalue weighted by Gasteiger charge is 2.35. The highest BCUT2D eigenvalue weighted by atomic mass is 35.5. The number of carbonyl (C=O) groups excluding carboxylic acids is 1. The average Bonchev–Trinajstić information content (AvgIpc) is 3.03. The van der Waals surface area contributed by atoms with Crippen LogP contribution in [0.5, 0.6) is 0 Å². The fourth-order valence-corrected chi connectivity index (χ4v) is 5.65. The van der Waals surface area contributed by atoms with E-state index in [2.05, 4.69) is 6.08 Å². The molecule has 0 unspecified atom stereocenters. The molecule has 8 atom stereocenters. The van der Waals surface area contributed by atoms with Gasteiger partial charge in [-0.3, -0.25) is 4.79 Å². The van der Waals surface area contributed by atoms with E-state index in [0.29, 0.717) is 12.3 Å². The van der Waals surface area contributed by atoms with Crippen LogP contribution in [0.3, 0.4) is 0 Å². The minimum atomic E-state index is -1.51. The molecule has 0 aromatic rings. The van der Waals surface area contributed by atoms with Crippen molar-refractivity contribution >= 4 is 23.5 Å². The Bertz CT molecular complexity index is 1160. The van der Waals surface area contributed by atoms with Gasteiger partial charge in [0.05, 0.1) is 30.3 Å². The lowest BCUT2D eigenvalue weighted by atomic mass is 9.85.